The van der Waals surface area contributed by atoms with Gasteiger partial charge < -0.3 is 14.8 Å². The van der Waals surface area contributed by atoms with E-state index in [1.807, 2.05) is 24.3 Å². The molecule has 1 N–H and O–H groups in total. The van der Waals surface area contributed by atoms with Crippen LogP contribution >= 0.6 is 0 Å². The standard InChI is InChI=1S/C25H28N4O3/c1-31-22-5-2-19(3-6-22)18-29-14-10-23(11-15-29)32-24-7-4-20(16-27-24)17-28-25(30)21-8-12-26-13-9-21/h2-9,12-13,16,23H,10-11,14-15,17-18H2,1H3,(H,28,30). The van der Waals surface area contributed by atoms with Crippen molar-refractivity contribution in [2.45, 2.75) is 32.0 Å². The van der Waals surface area contributed by atoms with Gasteiger partial charge in [0.15, 0.2) is 0 Å². The quantitative estimate of drug-likeness (QED) is 0.588. The Bertz CT molecular complexity index is 986. The summed E-state index contributed by atoms with van der Waals surface area (Å²) in [5.41, 5.74) is 2.80. The van der Waals surface area contributed by atoms with Crippen LogP contribution in [0.3, 0.4) is 0 Å². The van der Waals surface area contributed by atoms with Gasteiger partial charge in [0.05, 0.1) is 7.11 Å². The Labute approximate surface area is 188 Å². The van der Waals surface area contributed by atoms with Crippen LogP contribution in [-0.4, -0.2) is 47.1 Å². The lowest BCUT2D eigenvalue weighted by molar-refractivity contribution is 0.0932. The van der Waals surface area contributed by atoms with Crippen molar-refractivity contribution >= 4 is 5.91 Å². The number of hydrogen-bond donors (Lipinski definition) is 1. The third-order valence-electron chi connectivity index (χ3n) is 5.58. The highest BCUT2D eigenvalue weighted by molar-refractivity contribution is 5.93. The van der Waals surface area contributed by atoms with Crippen molar-refractivity contribution in [3.63, 3.8) is 0 Å². The molecule has 32 heavy (non-hydrogen) atoms. The molecule has 0 saturated carbocycles. The first kappa shape index (κ1) is 21.8. The maximum atomic E-state index is 12.1. The molecule has 1 amide bonds. The maximum absolute atomic E-state index is 12.1. The van der Waals surface area contributed by atoms with Gasteiger partial charge in [-0.15, -0.1) is 0 Å². The lowest BCUT2D eigenvalue weighted by Crippen LogP contribution is -2.37. The number of nitrogens with one attached hydrogen (secondary N) is 1. The van der Waals surface area contributed by atoms with Crippen molar-refractivity contribution in [1.29, 1.82) is 0 Å². The van der Waals surface area contributed by atoms with Crippen LogP contribution in [0.4, 0.5) is 0 Å². The van der Waals surface area contributed by atoms with Gasteiger partial charge in [0.1, 0.15) is 11.9 Å². The first-order chi connectivity index (χ1) is 15.7. The number of amides is 1. The molecule has 4 rings (SSSR count). The highest BCUT2D eigenvalue weighted by atomic mass is 16.5. The Morgan fingerprint density at radius 3 is 2.41 bits per heavy atom. The van der Waals surface area contributed by atoms with Gasteiger partial charge in [0.2, 0.25) is 5.88 Å². The Morgan fingerprint density at radius 1 is 1.03 bits per heavy atom. The van der Waals surface area contributed by atoms with Gasteiger partial charge in [0, 0.05) is 56.4 Å². The molecule has 1 aliphatic rings. The summed E-state index contributed by atoms with van der Waals surface area (Å²) in [5, 5.41) is 2.89. The zero-order valence-corrected chi connectivity index (χ0v) is 18.2. The molecule has 0 bridgehead atoms. The van der Waals surface area contributed by atoms with E-state index in [9.17, 15) is 4.79 Å². The molecular formula is C25H28N4O3. The molecule has 2 aromatic heterocycles. The number of methoxy groups -OCH3 is 1. The van der Waals surface area contributed by atoms with Crippen molar-refractivity contribution in [2.24, 2.45) is 0 Å². The highest BCUT2D eigenvalue weighted by Crippen LogP contribution is 2.20. The zero-order chi connectivity index (χ0) is 22.2. The monoisotopic (exact) mass is 432 g/mol. The number of likely N-dealkylation sites (tertiary alicyclic amines) is 1. The van der Waals surface area contributed by atoms with E-state index in [1.165, 1.54) is 5.56 Å². The number of carbonyl (C=O) groups is 1. The summed E-state index contributed by atoms with van der Waals surface area (Å²) < 4.78 is 11.3. The summed E-state index contributed by atoms with van der Waals surface area (Å²) in [7, 11) is 1.68. The number of pyridine rings is 2. The van der Waals surface area contributed by atoms with Crippen LogP contribution in [0.25, 0.3) is 0 Å². The number of carbonyl (C=O) groups excluding carboxylic acids is 1. The minimum Gasteiger partial charge on any atom is -0.497 e. The van der Waals surface area contributed by atoms with Gasteiger partial charge in [-0.3, -0.25) is 14.7 Å². The van der Waals surface area contributed by atoms with Crippen molar-refractivity contribution < 1.29 is 14.3 Å². The minimum atomic E-state index is -0.130. The Kier molecular flexibility index (Phi) is 7.30. The van der Waals surface area contributed by atoms with Gasteiger partial charge in [-0.2, -0.15) is 0 Å². The molecule has 0 unspecified atom stereocenters. The van der Waals surface area contributed by atoms with Crippen molar-refractivity contribution in [3.05, 3.63) is 83.8 Å². The number of hydrogen-bond acceptors (Lipinski definition) is 6. The van der Waals surface area contributed by atoms with Crippen LogP contribution in [0.1, 0.15) is 34.3 Å². The van der Waals surface area contributed by atoms with E-state index in [4.69, 9.17) is 9.47 Å². The fourth-order valence-corrected chi connectivity index (χ4v) is 3.72. The summed E-state index contributed by atoms with van der Waals surface area (Å²) in [6.45, 7) is 3.35. The molecule has 0 atom stereocenters. The average molecular weight is 433 g/mol. The predicted molar refractivity (Wildman–Crippen MR) is 122 cm³/mol. The topological polar surface area (TPSA) is 76.6 Å². The van der Waals surface area contributed by atoms with E-state index in [0.717, 1.165) is 43.8 Å². The number of ether oxygens (including phenoxy) is 2. The van der Waals surface area contributed by atoms with Gasteiger partial charge in [0.25, 0.3) is 5.91 Å². The van der Waals surface area contributed by atoms with Crippen molar-refractivity contribution in [1.82, 2.24) is 20.2 Å². The zero-order valence-electron chi connectivity index (χ0n) is 18.2. The second kappa shape index (κ2) is 10.7. The summed E-state index contributed by atoms with van der Waals surface area (Å²) in [6, 6.07) is 15.4. The highest BCUT2D eigenvalue weighted by Gasteiger charge is 2.21. The molecule has 1 saturated heterocycles. The molecular weight excluding hydrogens is 404 g/mol. The number of aromatic nitrogens is 2. The molecule has 3 heterocycles. The molecule has 1 fully saturated rings. The Morgan fingerprint density at radius 2 is 1.75 bits per heavy atom. The average Bonchev–Trinajstić information content (AvgIpc) is 2.85. The molecule has 0 spiro atoms. The summed E-state index contributed by atoms with van der Waals surface area (Å²) in [4.78, 5) is 22.9. The molecule has 0 radical (unpaired) electrons. The normalized spacial score (nSPS) is 14.7. The molecule has 3 aromatic rings. The van der Waals surface area contributed by atoms with E-state index in [-0.39, 0.29) is 12.0 Å². The second-order valence-corrected chi connectivity index (χ2v) is 7.86. The smallest absolute Gasteiger partial charge is 0.251 e. The van der Waals surface area contributed by atoms with E-state index >= 15 is 0 Å². The molecule has 1 aromatic carbocycles. The van der Waals surface area contributed by atoms with Gasteiger partial charge >= 0.3 is 0 Å². The van der Waals surface area contributed by atoms with Crippen LogP contribution in [0, 0.1) is 0 Å². The van der Waals surface area contributed by atoms with Crippen LogP contribution in [0.15, 0.2) is 67.1 Å². The van der Waals surface area contributed by atoms with Gasteiger partial charge in [-0.1, -0.05) is 18.2 Å². The van der Waals surface area contributed by atoms with Gasteiger partial charge in [-0.05, 0) is 48.2 Å². The van der Waals surface area contributed by atoms with Crippen LogP contribution in [0.5, 0.6) is 11.6 Å². The lowest BCUT2D eigenvalue weighted by Gasteiger charge is -2.31. The molecule has 7 nitrogen and oxygen atoms in total. The minimum absolute atomic E-state index is 0.130. The fraction of sp³-hybridized carbons (Fsp3) is 0.320. The first-order valence-corrected chi connectivity index (χ1v) is 10.8. The largest absolute Gasteiger partial charge is 0.497 e. The Balaban J connectivity index is 1.20. The van der Waals surface area contributed by atoms with Crippen molar-refractivity contribution in [2.75, 3.05) is 20.2 Å². The fourth-order valence-electron chi connectivity index (χ4n) is 3.72. The third-order valence-corrected chi connectivity index (χ3v) is 5.58. The summed E-state index contributed by atoms with van der Waals surface area (Å²) in [6.07, 6.45) is 7.08. The molecule has 0 aliphatic carbocycles. The second-order valence-electron chi connectivity index (χ2n) is 7.86. The van der Waals surface area contributed by atoms with E-state index in [0.29, 0.717) is 18.0 Å². The summed E-state index contributed by atoms with van der Waals surface area (Å²) >= 11 is 0. The third kappa shape index (κ3) is 6.04. The molecule has 7 heteroatoms. The van der Waals surface area contributed by atoms with Crippen molar-refractivity contribution in [3.8, 4) is 11.6 Å². The number of benzene rings is 1. The number of piperidine rings is 1. The van der Waals surface area contributed by atoms with Crippen LogP contribution < -0.4 is 14.8 Å². The van der Waals surface area contributed by atoms with E-state index in [1.54, 1.807) is 37.8 Å². The van der Waals surface area contributed by atoms with Gasteiger partial charge in [-0.25, -0.2) is 4.98 Å². The predicted octanol–water partition coefficient (Wildman–Crippen LogP) is 3.46. The number of nitrogens with zero attached hydrogens (tertiary/aromatic N) is 3. The maximum Gasteiger partial charge on any atom is 0.251 e. The Hall–Kier alpha value is -3.45. The first-order valence-electron chi connectivity index (χ1n) is 10.8. The SMILES string of the molecule is COc1ccc(CN2CCC(Oc3ccc(CNC(=O)c4ccncc4)cn3)CC2)cc1. The van der Waals surface area contributed by atoms with E-state index < -0.39 is 0 Å². The lowest BCUT2D eigenvalue weighted by atomic mass is 10.1. The summed E-state index contributed by atoms with van der Waals surface area (Å²) in [5.74, 6) is 1.38. The van der Waals surface area contributed by atoms with Crippen LogP contribution in [-0.2, 0) is 13.1 Å². The van der Waals surface area contributed by atoms with Crippen LogP contribution in [0.2, 0.25) is 0 Å². The van der Waals surface area contributed by atoms with E-state index in [2.05, 4.69) is 32.3 Å². The molecule has 1 aliphatic heterocycles. The molecule has 166 valence electrons. The number of rotatable bonds is 8.